The molecule has 0 radical (unpaired) electrons. The standard InChI is InChI=1S/C29H30ClN3O3/c1-32-26-12-11-22(36-2)19-25(26)23(24-5-3-15-31-27(24)28(32)34)6-4-16-33-17-13-29(35,14-18-33)20-7-9-21(30)10-8-20/h3,5-12,15,19,35H,4,13-14,16-18H2,1-2H3. The van der Waals surface area contributed by atoms with E-state index in [0.29, 0.717) is 23.6 Å². The van der Waals surface area contributed by atoms with Crippen molar-refractivity contribution in [2.45, 2.75) is 24.9 Å². The number of anilines is 1. The van der Waals surface area contributed by atoms with Crippen LogP contribution in [0, 0.1) is 0 Å². The molecule has 0 spiro atoms. The van der Waals surface area contributed by atoms with Crippen LogP contribution in [0.4, 0.5) is 5.69 Å². The van der Waals surface area contributed by atoms with Gasteiger partial charge in [0.15, 0.2) is 0 Å². The Morgan fingerprint density at radius 3 is 2.58 bits per heavy atom. The SMILES string of the molecule is COc1ccc2c(c1)C(=CCCN1CCC(O)(c3ccc(Cl)cc3)CC1)c1cccnc1C(=O)N2C. The van der Waals surface area contributed by atoms with Crippen LogP contribution < -0.4 is 9.64 Å². The van der Waals surface area contributed by atoms with E-state index in [1.165, 1.54) is 0 Å². The summed E-state index contributed by atoms with van der Waals surface area (Å²) in [6.07, 6.45) is 6.02. The smallest absolute Gasteiger partial charge is 0.277 e. The number of amides is 1. The van der Waals surface area contributed by atoms with Crippen molar-refractivity contribution in [2.75, 3.05) is 38.7 Å². The first-order chi connectivity index (χ1) is 17.4. The lowest BCUT2D eigenvalue weighted by molar-refractivity contribution is -0.0254. The molecular formula is C29H30ClN3O3. The Hall–Kier alpha value is -3.19. The lowest BCUT2D eigenvalue weighted by atomic mass is 9.84. The Labute approximate surface area is 216 Å². The van der Waals surface area contributed by atoms with E-state index in [9.17, 15) is 9.90 Å². The zero-order valence-corrected chi connectivity index (χ0v) is 21.3. The number of hydrogen-bond donors (Lipinski definition) is 1. The van der Waals surface area contributed by atoms with Gasteiger partial charge in [0.05, 0.1) is 18.4 Å². The number of nitrogens with zero attached hydrogens (tertiary/aromatic N) is 3. The van der Waals surface area contributed by atoms with Gasteiger partial charge in [-0.1, -0.05) is 35.9 Å². The number of likely N-dealkylation sites (tertiary alicyclic amines) is 1. The molecule has 5 rings (SSSR count). The van der Waals surface area contributed by atoms with Gasteiger partial charge < -0.3 is 19.6 Å². The highest BCUT2D eigenvalue weighted by atomic mass is 35.5. The van der Waals surface area contributed by atoms with E-state index in [4.69, 9.17) is 16.3 Å². The van der Waals surface area contributed by atoms with Crippen LogP contribution in [0.2, 0.25) is 5.02 Å². The van der Waals surface area contributed by atoms with Gasteiger partial charge in [-0.3, -0.25) is 9.78 Å². The number of aromatic nitrogens is 1. The van der Waals surface area contributed by atoms with Crippen LogP contribution >= 0.6 is 11.6 Å². The predicted molar refractivity (Wildman–Crippen MR) is 143 cm³/mol. The number of ether oxygens (including phenoxy) is 1. The molecule has 7 heteroatoms. The number of carbonyl (C=O) groups excluding carboxylic acids is 1. The molecule has 0 saturated carbocycles. The van der Waals surface area contributed by atoms with Gasteiger partial charge in [-0.2, -0.15) is 0 Å². The van der Waals surface area contributed by atoms with Crippen molar-refractivity contribution in [1.82, 2.24) is 9.88 Å². The molecule has 0 atom stereocenters. The molecule has 6 nitrogen and oxygen atoms in total. The summed E-state index contributed by atoms with van der Waals surface area (Å²) in [7, 11) is 3.43. The number of benzene rings is 2. The predicted octanol–water partition coefficient (Wildman–Crippen LogP) is 5.14. The van der Waals surface area contributed by atoms with Crippen molar-refractivity contribution in [3.8, 4) is 5.75 Å². The van der Waals surface area contributed by atoms with Crippen LogP contribution in [0.25, 0.3) is 5.57 Å². The molecule has 186 valence electrons. The highest BCUT2D eigenvalue weighted by Crippen LogP contribution is 2.39. The molecule has 1 N–H and O–H groups in total. The van der Waals surface area contributed by atoms with E-state index in [-0.39, 0.29) is 5.91 Å². The Kier molecular flexibility index (Phi) is 6.84. The lowest BCUT2D eigenvalue weighted by Gasteiger charge is -2.38. The number of aliphatic hydroxyl groups is 1. The number of fused-ring (bicyclic) bond motifs is 2. The monoisotopic (exact) mass is 503 g/mol. The summed E-state index contributed by atoms with van der Waals surface area (Å²) in [5.74, 6) is 0.614. The number of halogens is 1. The van der Waals surface area contributed by atoms with Crippen molar-refractivity contribution in [3.05, 3.63) is 94.3 Å². The van der Waals surface area contributed by atoms with Gasteiger partial charge >= 0.3 is 0 Å². The van der Waals surface area contributed by atoms with E-state index in [2.05, 4.69) is 16.0 Å². The third-order valence-corrected chi connectivity index (χ3v) is 7.57. The van der Waals surface area contributed by atoms with Crippen LogP contribution in [0.3, 0.4) is 0 Å². The molecule has 1 saturated heterocycles. The second-order valence-electron chi connectivity index (χ2n) is 9.43. The average molecular weight is 504 g/mol. The molecule has 1 fully saturated rings. The molecule has 0 unspecified atom stereocenters. The van der Waals surface area contributed by atoms with Crippen LogP contribution in [-0.4, -0.2) is 54.7 Å². The molecule has 2 aliphatic heterocycles. The summed E-state index contributed by atoms with van der Waals surface area (Å²) < 4.78 is 5.50. The van der Waals surface area contributed by atoms with Crippen molar-refractivity contribution in [1.29, 1.82) is 0 Å². The van der Waals surface area contributed by atoms with E-state index in [1.807, 2.05) is 54.6 Å². The van der Waals surface area contributed by atoms with Gasteiger partial charge in [0.2, 0.25) is 0 Å². The fraction of sp³-hybridized carbons (Fsp3) is 0.310. The van der Waals surface area contributed by atoms with Crippen molar-refractivity contribution >= 4 is 28.8 Å². The van der Waals surface area contributed by atoms with E-state index in [0.717, 1.165) is 59.8 Å². The van der Waals surface area contributed by atoms with Gasteiger partial charge in [-0.25, -0.2) is 0 Å². The Morgan fingerprint density at radius 1 is 1.11 bits per heavy atom. The first kappa shape index (κ1) is 24.5. The van der Waals surface area contributed by atoms with Crippen LogP contribution in [-0.2, 0) is 5.60 Å². The summed E-state index contributed by atoms with van der Waals surface area (Å²) in [6, 6.07) is 17.1. The summed E-state index contributed by atoms with van der Waals surface area (Å²) in [4.78, 5) is 21.6. The minimum absolute atomic E-state index is 0.127. The molecular weight excluding hydrogens is 474 g/mol. The number of hydrogen-bond acceptors (Lipinski definition) is 5. The van der Waals surface area contributed by atoms with Gasteiger partial charge in [0.1, 0.15) is 11.4 Å². The molecule has 3 heterocycles. The first-order valence-electron chi connectivity index (χ1n) is 12.2. The molecule has 1 aromatic heterocycles. The Bertz CT molecular complexity index is 1300. The number of piperidine rings is 1. The maximum Gasteiger partial charge on any atom is 0.277 e. The molecule has 0 aliphatic carbocycles. The molecule has 36 heavy (non-hydrogen) atoms. The van der Waals surface area contributed by atoms with Crippen molar-refractivity contribution < 1.29 is 14.6 Å². The fourth-order valence-corrected chi connectivity index (χ4v) is 5.29. The second-order valence-corrected chi connectivity index (χ2v) is 9.87. The quantitative estimate of drug-likeness (QED) is 0.522. The number of methoxy groups -OCH3 is 1. The third kappa shape index (κ3) is 4.64. The van der Waals surface area contributed by atoms with E-state index in [1.54, 1.807) is 25.3 Å². The highest BCUT2D eigenvalue weighted by Gasteiger charge is 2.34. The van der Waals surface area contributed by atoms with Crippen molar-refractivity contribution in [2.24, 2.45) is 0 Å². The molecule has 2 aromatic carbocycles. The first-order valence-corrected chi connectivity index (χ1v) is 12.6. The second kappa shape index (κ2) is 10.1. The molecule has 1 amide bonds. The average Bonchev–Trinajstić information content (AvgIpc) is 2.99. The molecule has 3 aromatic rings. The van der Waals surface area contributed by atoms with Gasteiger partial charge in [-0.15, -0.1) is 0 Å². The molecule has 2 aliphatic rings. The van der Waals surface area contributed by atoms with Gasteiger partial charge in [0.25, 0.3) is 5.91 Å². The zero-order valence-electron chi connectivity index (χ0n) is 20.6. The molecule has 0 bridgehead atoms. The lowest BCUT2D eigenvalue weighted by Crippen LogP contribution is -2.42. The summed E-state index contributed by atoms with van der Waals surface area (Å²) in [5, 5.41) is 11.9. The maximum absolute atomic E-state index is 13.2. The normalized spacial score (nSPS) is 18.5. The number of rotatable bonds is 5. The highest BCUT2D eigenvalue weighted by molar-refractivity contribution is 6.30. The summed E-state index contributed by atoms with van der Waals surface area (Å²) in [5.41, 5.74) is 4.16. The fourth-order valence-electron chi connectivity index (χ4n) is 5.16. The Balaban J connectivity index is 1.37. The zero-order chi connectivity index (χ0) is 25.3. The minimum Gasteiger partial charge on any atom is -0.497 e. The summed E-state index contributed by atoms with van der Waals surface area (Å²) in [6.45, 7) is 2.48. The van der Waals surface area contributed by atoms with E-state index < -0.39 is 5.60 Å². The van der Waals surface area contributed by atoms with Crippen LogP contribution in [0.15, 0.2) is 66.9 Å². The Morgan fingerprint density at radius 2 is 1.86 bits per heavy atom. The third-order valence-electron chi connectivity index (χ3n) is 7.32. The van der Waals surface area contributed by atoms with Crippen LogP contribution in [0.1, 0.15) is 46.4 Å². The van der Waals surface area contributed by atoms with Crippen molar-refractivity contribution in [3.63, 3.8) is 0 Å². The topological polar surface area (TPSA) is 65.9 Å². The maximum atomic E-state index is 13.2. The number of pyridine rings is 1. The summed E-state index contributed by atoms with van der Waals surface area (Å²) >= 11 is 6.02. The van der Waals surface area contributed by atoms with Gasteiger partial charge in [0, 0.05) is 49.0 Å². The number of carbonyl (C=O) groups is 1. The minimum atomic E-state index is -0.814. The van der Waals surface area contributed by atoms with E-state index >= 15 is 0 Å². The van der Waals surface area contributed by atoms with Crippen LogP contribution in [0.5, 0.6) is 5.75 Å². The van der Waals surface area contributed by atoms with Gasteiger partial charge in [-0.05, 0) is 66.8 Å². The largest absolute Gasteiger partial charge is 0.497 e.